The molecule has 2 heterocycles. The zero-order valence-electron chi connectivity index (χ0n) is 10.3. The molecule has 1 aromatic rings. The molecule has 3 rings (SSSR count). The fourth-order valence-corrected chi connectivity index (χ4v) is 4.89. The lowest BCUT2D eigenvalue weighted by atomic mass is 10.0. The van der Waals surface area contributed by atoms with Crippen LogP contribution in [0.3, 0.4) is 0 Å². The van der Waals surface area contributed by atoms with Crippen molar-refractivity contribution in [1.82, 2.24) is 19.3 Å². The average molecular weight is 270 g/mol. The van der Waals surface area contributed by atoms with Gasteiger partial charge in [0.25, 0.3) is 0 Å². The van der Waals surface area contributed by atoms with Crippen LogP contribution in [0.1, 0.15) is 38.1 Å². The first-order valence-electron chi connectivity index (χ1n) is 6.52. The highest BCUT2D eigenvalue weighted by Gasteiger charge is 2.41. The third-order valence-electron chi connectivity index (χ3n) is 3.98. The molecule has 2 aliphatic rings. The Kier molecular flexibility index (Phi) is 3.11. The van der Waals surface area contributed by atoms with Crippen molar-refractivity contribution in [2.75, 3.05) is 13.1 Å². The van der Waals surface area contributed by atoms with Gasteiger partial charge in [-0.15, -0.1) is 5.10 Å². The summed E-state index contributed by atoms with van der Waals surface area (Å²) in [4.78, 5) is 0. The highest BCUT2D eigenvalue weighted by molar-refractivity contribution is 7.89. The van der Waals surface area contributed by atoms with Gasteiger partial charge in [-0.2, -0.15) is 4.31 Å². The molecule has 100 valence electrons. The summed E-state index contributed by atoms with van der Waals surface area (Å²) in [6, 6.07) is 0.158. The minimum Gasteiger partial charge on any atom is -0.247 e. The van der Waals surface area contributed by atoms with E-state index in [1.165, 1.54) is 6.42 Å². The first-order valence-corrected chi connectivity index (χ1v) is 8.03. The van der Waals surface area contributed by atoms with Crippen molar-refractivity contribution in [2.24, 2.45) is 0 Å². The average Bonchev–Trinajstić information content (AvgIpc) is 2.81. The minimum absolute atomic E-state index is 0.150. The van der Waals surface area contributed by atoms with E-state index in [-0.39, 0.29) is 11.3 Å². The van der Waals surface area contributed by atoms with Gasteiger partial charge >= 0.3 is 0 Å². The van der Waals surface area contributed by atoms with E-state index in [9.17, 15) is 8.42 Å². The second kappa shape index (κ2) is 4.62. The minimum atomic E-state index is -3.08. The van der Waals surface area contributed by atoms with Gasteiger partial charge in [-0.25, -0.2) is 13.1 Å². The third kappa shape index (κ3) is 2.05. The van der Waals surface area contributed by atoms with Gasteiger partial charge in [0.2, 0.25) is 10.0 Å². The van der Waals surface area contributed by atoms with Gasteiger partial charge in [0, 0.05) is 19.3 Å². The molecule has 1 aromatic heterocycles. The van der Waals surface area contributed by atoms with Crippen LogP contribution in [0.2, 0.25) is 0 Å². The normalized spacial score (nSPS) is 24.0. The molecule has 1 aliphatic carbocycles. The van der Waals surface area contributed by atoms with Crippen LogP contribution in [0.25, 0.3) is 0 Å². The van der Waals surface area contributed by atoms with Crippen molar-refractivity contribution in [2.45, 2.75) is 43.4 Å². The maximum Gasteiger partial charge on any atom is 0.217 e. The summed E-state index contributed by atoms with van der Waals surface area (Å²) in [6.07, 6.45) is 8.33. The molecule has 0 bridgehead atoms. The van der Waals surface area contributed by atoms with Crippen molar-refractivity contribution >= 4 is 10.0 Å². The Balaban J connectivity index is 1.63. The summed E-state index contributed by atoms with van der Waals surface area (Å²) >= 11 is 0. The predicted octanol–water partition coefficient (Wildman–Crippen LogP) is 0.797. The highest BCUT2D eigenvalue weighted by atomic mass is 32.2. The number of nitrogens with zero attached hydrogens (tertiary/aromatic N) is 4. The first-order chi connectivity index (χ1) is 8.68. The van der Waals surface area contributed by atoms with Gasteiger partial charge in [-0.05, 0) is 12.8 Å². The summed E-state index contributed by atoms with van der Waals surface area (Å²) in [7, 11) is -3.08. The van der Waals surface area contributed by atoms with Crippen LogP contribution in [0.15, 0.2) is 12.4 Å². The van der Waals surface area contributed by atoms with E-state index in [0.717, 1.165) is 25.7 Å². The zero-order chi connectivity index (χ0) is 12.6. The molecule has 6 nitrogen and oxygen atoms in total. The molecule has 0 spiro atoms. The maximum atomic E-state index is 12.4. The summed E-state index contributed by atoms with van der Waals surface area (Å²) in [5.74, 6) is 0. The molecule has 0 radical (unpaired) electrons. The van der Waals surface area contributed by atoms with Crippen LogP contribution in [0.4, 0.5) is 0 Å². The van der Waals surface area contributed by atoms with Gasteiger partial charge < -0.3 is 0 Å². The van der Waals surface area contributed by atoms with Crippen LogP contribution in [-0.2, 0) is 10.0 Å². The fourth-order valence-electron chi connectivity index (χ4n) is 2.78. The molecule has 1 saturated carbocycles. The summed E-state index contributed by atoms with van der Waals surface area (Å²) in [6.45, 7) is 1.09. The monoisotopic (exact) mass is 270 g/mol. The lowest BCUT2D eigenvalue weighted by Crippen LogP contribution is -2.53. The van der Waals surface area contributed by atoms with Crippen LogP contribution in [0.5, 0.6) is 0 Å². The van der Waals surface area contributed by atoms with E-state index in [0.29, 0.717) is 13.1 Å². The SMILES string of the molecule is O=S(=O)(C1CCCCC1)N1CC(n2ccnn2)C1. The second-order valence-corrected chi connectivity index (χ2v) is 7.37. The van der Waals surface area contributed by atoms with Gasteiger partial charge in [-0.3, -0.25) is 0 Å². The van der Waals surface area contributed by atoms with Crippen LogP contribution in [0, 0.1) is 0 Å². The molecular weight excluding hydrogens is 252 g/mol. The largest absolute Gasteiger partial charge is 0.247 e. The molecule has 0 N–H and O–H groups in total. The Morgan fingerprint density at radius 1 is 1.11 bits per heavy atom. The van der Waals surface area contributed by atoms with Crippen molar-refractivity contribution < 1.29 is 8.42 Å². The third-order valence-corrected chi connectivity index (χ3v) is 6.31. The summed E-state index contributed by atoms with van der Waals surface area (Å²) in [5.41, 5.74) is 0. The Hall–Kier alpha value is -0.950. The van der Waals surface area contributed by atoms with E-state index in [4.69, 9.17) is 0 Å². The maximum absolute atomic E-state index is 12.4. The van der Waals surface area contributed by atoms with E-state index < -0.39 is 10.0 Å². The Bertz CT molecular complexity index is 487. The zero-order valence-corrected chi connectivity index (χ0v) is 11.1. The Labute approximate surface area is 107 Å². The summed E-state index contributed by atoms with van der Waals surface area (Å²) < 4.78 is 28.1. The highest BCUT2D eigenvalue weighted by Crippen LogP contribution is 2.31. The lowest BCUT2D eigenvalue weighted by Gasteiger charge is -2.40. The van der Waals surface area contributed by atoms with Crippen molar-refractivity contribution in [3.8, 4) is 0 Å². The molecule has 1 aliphatic heterocycles. The van der Waals surface area contributed by atoms with E-state index in [1.807, 2.05) is 0 Å². The predicted molar refractivity (Wildman–Crippen MR) is 66.4 cm³/mol. The summed E-state index contributed by atoms with van der Waals surface area (Å²) in [5, 5.41) is 7.51. The van der Waals surface area contributed by atoms with Crippen molar-refractivity contribution in [1.29, 1.82) is 0 Å². The Morgan fingerprint density at radius 2 is 1.83 bits per heavy atom. The van der Waals surface area contributed by atoms with Gasteiger partial charge in [0.05, 0.1) is 17.5 Å². The smallest absolute Gasteiger partial charge is 0.217 e. The number of rotatable bonds is 3. The number of hydrogen-bond acceptors (Lipinski definition) is 4. The Morgan fingerprint density at radius 3 is 2.44 bits per heavy atom. The van der Waals surface area contributed by atoms with Gasteiger partial charge in [-0.1, -0.05) is 24.5 Å². The molecule has 0 unspecified atom stereocenters. The number of aromatic nitrogens is 3. The molecule has 0 atom stereocenters. The van der Waals surface area contributed by atoms with Crippen molar-refractivity contribution in [3.63, 3.8) is 0 Å². The van der Waals surface area contributed by atoms with E-state index in [1.54, 1.807) is 21.4 Å². The quantitative estimate of drug-likeness (QED) is 0.814. The van der Waals surface area contributed by atoms with Crippen LogP contribution in [-0.4, -0.2) is 46.1 Å². The second-order valence-electron chi connectivity index (χ2n) is 5.16. The number of hydrogen-bond donors (Lipinski definition) is 0. The molecule has 7 heteroatoms. The topological polar surface area (TPSA) is 68.1 Å². The molecular formula is C11H18N4O2S. The van der Waals surface area contributed by atoms with Gasteiger partial charge in [0.1, 0.15) is 0 Å². The number of sulfonamides is 1. The first kappa shape index (κ1) is 12.1. The molecule has 0 aromatic carbocycles. The van der Waals surface area contributed by atoms with Crippen LogP contribution >= 0.6 is 0 Å². The molecule has 2 fully saturated rings. The lowest BCUT2D eigenvalue weighted by molar-refractivity contribution is 0.185. The van der Waals surface area contributed by atoms with E-state index >= 15 is 0 Å². The van der Waals surface area contributed by atoms with Gasteiger partial charge in [0.15, 0.2) is 0 Å². The van der Waals surface area contributed by atoms with Crippen LogP contribution < -0.4 is 0 Å². The molecule has 18 heavy (non-hydrogen) atoms. The molecule has 0 amide bonds. The van der Waals surface area contributed by atoms with E-state index in [2.05, 4.69) is 10.3 Å². The molecule has 1 saturated heterocycles. The standard InChI is InChI=1S/C11H18N4O2S/c16-18(17,11-4-2-1-3-5-11)14-8-10(9-14)15-7-6-12-13-15/h6-7,10-11H,1-5,8-9H2. The van der Waals surface area contributed by atoms with Crippen molar-refractivity contribution in [3.05, 3.63) is 12.4 Å². The fraction of sp³-hybridized carbons (Fsp3) is 0.818.